The fourth-order valence-electron chi connectivity index (χ4n) is 2.97. The van der Waals surface area contributed by atoms with Gasteiger partial charge in [-0.3, -0.25) is 9.89 Å². The van der Waals surface area contributed by atoms with E-state index in [1.54, 1.807) is 0 Å². The molecule has 5 heteroatoms. The lowest BCUT2D eigenvalue weighted by molar-refractivity contribution is 0.231. The molecule has 2 fully saturated rings. The second-order valence-corrected chi connectivity index (χ2v) is 6.53. The summed E-state index contributed by atoms with van der Waals surface area (Å²) in [4.78, 5) is 9.35. The predicted octanol–water partition coefficient (Wildman–Crippen LogP) is 1.12. The summed E-state index contributed by atoms with van der Waals surface area (Å²) in [6.07, 6.45) is 6.85. The van der Waals surface area contributed by atoms with Crippen LogP contribution in [0.1, 0.15) is 39.0 Å². The molecule has 0 bridgehead atoms. The van der Waals surface area contributed by atoms with Crippen LogP contribution < -0.4 is 10.6 Å². The summed E-state index contributed by atoms with van der Waals surface area (Å²) in [5, 5.41) is 6.88. The lowest BCUT2D eigenvalue weighted by Gasteiger charge is -2.27. The van der Waals surface area contributed by atoms with Crippen molar-refractivity contribution in [2.24, 2.45) is 4.99 Å². The minimum atomic E-state index is 0.554. The van der Waals surface area contributed by atoms with Gasteiger partial charge < -0.3 is 15.5 Å². The summed E-state index contributed by atoms with van der Waals surface area (Å²) in [6, 6.07) is 1.37. The largest absolute Gasteiger partial charge is 0.355 e. The van der Waals surface area contributed by atoms with Gasteiger partial charge in [-0.05, 0) is 52.7 Å². The molecule has 5 nitrogen and oxygen atoms in total. The Morgan fingerprint density at radius 2 is 1.95 bits per heavy atom. The number of piperidine rings is 1. The van der Waals surface area contributed by atoms with E-state index < -0.39 is 0 Å². The molecule has 2 aliphatic rings. The Hall–Kier alpha value is -0.810. The van der Waals surface area contributed by atoms with Gasteiger partial charge in [0, 0.05) is 38.8 Å². The zero-order chi connectivity index (χ0) is 15.1. The van der Waals surface area contributed by atoms with Gasteiger partial charge in [0.1, 0.15) is 0 Å². The first-order chi connectivity index (χ1) is 10.2. The molecule has 0 radical (unpaired) electrons. The zero-order valence-electron chi connectivity index (χ0n) is 14.1. The van der Waals surface area contributed by atoms with E-state index in [-0.39, 0.29) is 0 Å². The number of hydrogen-bond acceptors (Lipinski definition) is 3. The van der Waals surface area contributed by atoms with Crippen LogP contribution in [0.25, 0.3) is 0 Å². The maximum atomic E-state index is 4.32. The molecule has 0 aromatic rings. The van der Waals surface area contributed by atoms with E-state index >= 15 is 0 Å². The van der Waals surface area contributed by atoms with Crippen molar-refractivity contribution >= 4 is 5.96 Å². The van der Waals surface area contributed by atoms with E-state index in [4.69, 9.17) is 0 Å². The van der Waals surface area contributed by atoms with Crippen LogP contribution in [0.3, 0.4) is 0 Å². The SMILES string of the molecule is CN=C(NCCN1CCCCC1)NCC(C)N(C)C1CC1. The number of hydrogen-bond donors (Lipinski definition) is 2. The fourth-order valence-corrected chi connectivity index (χ4v) is 2.97. The van der Waals surface area contributed by atoms with Crippen LogP contribution in [0.2, 0.25) is 0 Å². The standard InChI is InChI=1S/C16H33N5/c1-14(20(3)15-7-8-15)13-19-16(17-2)18-9-12-21-10-5-4-6-11-21/h14-15H,4-13H2,1-3H3,(H2,17,18,19). The van der Waals surface area contributed by atoms with Gasteiger partial charge in [0.15, 0.2) is 5.96 Å². The highest BCUT2D eigenvalue weighted by Crippen LogP contribution is 2.26. The molecule has 0 amide bonds. The van der Waals surface area contributed by atoms with E-state index in [0.717, 1.165) is 31.6 Å². The van der Waals surface area contributed by atoms with Gasteiger partial charge in [0.2, 0.25) is 0 Å². The Morgan fingerprint density at radius 1 is 1.24 bits per heavy atom. The zero-order valence-corrected chi connectivity index (χ0v) is 14.1. The Bertz CT molecular complexity index is 321. The number of likely N-dealkylation sites (N-methyl/N-ethyl adjacent to an activating group) is 1. The van der Waals surface area contributed by atoms with E-state index in [1.807, 2.05) is 7.05 Å². The van der Waals surface area contributed by atoms with Crippen LogP contribution >= 0.6 is 0 Å². The van der Waals surface area contributed by atoms with Crippen molar-refractivity contribution in [1.29, 1.82) is 0 Å². The summed E-state index contributed by atoms with van der Waals surface area (Å²) in [5.41, 5.74) is 0. The summed E-state index contributed by atoms with van der Waals surface area (Å²) < 4.78 is 0. The van der Waals surface area contributed by atoms with Crippen LogP contribution in [-0.4, -0.2) is 74.7 Å². The Balaban J connectivity index is 1.58. The van der Waals surface area contributed by atoms with Gasteiger partial charge in [0.05, 0.1) is 0 Å². The van der Waals surface area contributed by atoms with Gasteiger partial charge in [-0.1, -0.05) is 6.42 Å². The number of likely N-dealkylation sites (tertiary alicyclic amines) is 1. The molecular weight excluding hydrogens is 262 g/mol. The number of guanidine groups is 1. The van der Waals surface area contributed by atoms with Crippen molar-refractivity contribution in [3.05, 3.63) is 0 Å². The molecule has 1 heterocycles. The second-order valence-electron chi connectivity index (χ2n) is 6.53. The first kappa shape index (κ1) is 16.6. The summed E-state index contributed by atoms with van der Waals surface area (Å²) in [6.45, 7) is 7.86. The maximum Gasteiger partial charge on any atom is 0.191 e. The van der Waals surface area contributed by atoms with E-state index in [9.17, 15) is 0 Å². The van der Waals surface area contributed by atoms with E-state index in [0.29, 0.717) is 6.04 Å². The first-order valence-electron chi connectivity index (χ1n) is 8.59. The van der Waals surface area contributed by atoms with Gasteiger partial charge in [-0.15, -0.1) is 0 Å². The van der Waals surface area contributed by atoms with Crippen LogP contribution in [0.5, 0.6) is 0 Å². The number of aliphatic imine (C=N–C) groups is 1. The van der Waals surface area contributed by atoms with E-state index in [1.165, 1.54) is 45.2 Å². The third-order valence-electron chi connectivity index (χ3n) is 4.78. The number of nitrogens with zero attached hydrogens (tertiary/aromatic N) is 3. The third kappa shape index (κ3) is 5.83. The monoisotopic (exact) mass is 295 g/mol. The molecule has 1 unspecified atom stereocenters. The molecule has 21 heavy (non-hydrogen) atoms. The summed E-state index contributed by atoms with van der Waals surface area (Å²) >= 11 is 0. The average molecular weight is 295 g/mol. The molecule has 1 saturated carbocycles. The van der Waals surface area contributed by atoms with Crippen molar-refractivity contribution in [2.75, 3.05) is 46.8 Å². The van der Waals surface area contributed by atoms with Crippen molar-refractivity contribution in [1.82, 2.24) is 20.4 Å². The minimum Gasteiger partial charge on any atom is -0.355 e. The highest BCUT2D eigenvalue weighted by atomic mass is 15.2. The molecule has 1 atom stereocenters. The molecule has 0 aromatic carbocycles. The molecule has 122 valence electrons. The van der Waals surface area contributed by atoms with Crippen molar-refractivity contribution < 1.29 is 0 Å². The van der Waals surface area contributed by atoms with Crippen LogP contribution in [0.15, 0.2) is 4.99 Å². The quantitative estimate of drug-likeness (QED) is 0.546. The topological polar surface area (TPSA) is 42.9 Å². The van der Waals surface area contributed by atoms with Crippen LogP contribution in [0.4, 0.5) is 0 Å². The molecular formula is C16H33N5. The van der Waals surface area contributed by atoms with Crippen LogP contribution in [0, 0.1) is 0 Å². The molecule has 1 aliphatic heterocycles. The fraction of sp³-hybridized carbons (Fsp3) is 0.938. The maximum absolute atomic E-state index is 4.32. The van der Waals surface area contributed by atoms with Crippen molar-refractivity contribution in [2.45, 2.75) is 51.1 Å². The van der Waals surface area contributed by atoms with Crippen molar-refractivity contribution in [3.63, 3.8) is 0 Å². The van der Waals surface area contributed by atoms with Crippen molar-refractivity contribution in [3.8, 4) is 0 Å². The lowest BCUT2D eigenvalue weighted by atomic mass is 10.1. The highest BCUT2D eigenvalue weighted by Gasteiger charge is 2.28. The van der Waals surface area contributed by atoms with E-state index in [2.05, 4.69) is 39.4 Å². The minimum absolute atomic E-state index is 0.554. The molecule has 0 spiro atoms. The molecule has 0 aromatic heterocycles. The Labute approximate surface area is 130 Å². The summed E-state index contributed by atoms with van der Waals surface area (Å²) in [7, 11) is 4.09. The molecule has 1 saturated heterocycles. The van der Waals surface area contributed by atoms with Gasteiger partial charge in [-0.25, -0.2) is 0 Å². The molecule has 2 N–H and O–H groups in total. The van der Waals surface area contributed by atoms with Crippen LogP contribution in [-0.2, 0) is 0 Å². The Morgan fingerprint density at radius 3 is 2.57 bits per heavy atom. The first-order valence-corrected chi connectivity index (χ1v) is 8.59. The normalized spacial score (nSPS) is 22.4. The average Bonchev–Trinajstić information content (AvgIpc) is 3.35. The molecule has 2 rings (SSSR count). The lowest BCUT2D eigenvalue weighted by Crippen LogP contribution is -2.47. The molecule has 1 aliphatic carbocycles. The highest BCUT2D eigenvalue weighted by molar-refractivity contribution is 5.79. The third-order valence-corrected chi connectivity index (χ3v) is 4.78. The number of nitrogens with one attached hydrogen (secondary N) is 2. The Kier molecular flexibility index (Phi) is 6.77. The predicted molar refractivity (Wildman–Crippen MR) is 89.9 cm³/mol. The number of rotatable bonds is 7. The second kappa shape index (κ2) is 8.59. The smallest absolute Gasteiger partial charge is 0.191 e. The van der Waals surface area contributed by atoms with Gasteiger partial charge in [0.25, 0.3) is 0 Å². The van der Waals surface area contributed by atoms with Gasteiger partial charge >= 0.3 is 0 Å². The summed E-state index contributed by atoms with van der Waals surface area (Å²) in [5.74, 6) is 0.933. The van der Waals surface area contributed by atoms with Gasteiger partial charge in [-0.2, -0.15) is 0 Å².